The Morgan fingerprint density at radius 1 is 1.64 bits per heavy atom. The van der Waals surface area contributed by atoms with E-state index in [4.69, 9.17) is 32.5 Å². The van der Waals surface area contributed by atoms with E-state index < -0.39 is 35.6 Å². The Morgan fingerprint density at radius 3 is 2.88 bits per heavy atom. The van der Waals surface area contributed by atoms with Gasteiger partial charge in [0.15, 0.2) is 0 Å². The highest BCUT2D eigenvalue weighted by Crippen LogP contribution is 2.37. The number of alkyl halides is 1. The molecule has 10 heteroatoms. The number of ether oxygens (including phenoxy) is 2. The van der Waals surface area contributed by atoms with Crippen LogP contribution in [0.3, 0.4) is 0 Å². The summed E-state index contributed by atoms with van der Waals surface area (Å²) in [6.07, 6.45) is -0.326. The molecule has 2 heterocycles. The summed E-state index contributed by atoms with van der Waals surface area (Å²) in [5.74, 6) is -0.752. The van der Waals surface area contributed by atoms with Crippen LogP contribution < -0.4 is 17.2 Å². The fourth-order valence-corrected chi connectivity index (χ4v) is 2.79. The normalized spacial score (nSPS) is 27.4. The number of nitrogens with two attached hydrogens (primary N) is 2. The van der Waals surface area contributed by atoms with E-state index in [-0.39, 0.29) is 30.6 Å². The number of nitrogens with zero attached hydrogens (tertiary/aromatic N) is 2. The van der Waals surface area contributed by atoms with Crippen molar-refractivity contribution < 1.29 is 19.4 Å². The minimum Gasteiger partial charge on any atom is -0.461 e. The summed E-state index contributed by atoms with van der Waals surface area (Å²) < 4.78 is 12.2. The Hall–Kier alpha value is -1.68. The maximum atomic E-state index is 11.9. The van der Waals surface area contributed by atoms with Gasteiger partial charge in [-0.05, 0) is 12.0 Å². The molecule has 140 valence electrons. The molecule has 0 saturated carbocycles. The molecule has 0 unspecified atom stereocenters. The van der Waals surface area contributed by atoms with E-state index in [1.165, 1.54) is 16.8 Å². The number of esters is 1. The summed E-state index contributed by atoms with van der Waals surface area (Å²) >= 11 is 5.97. The van der Waals surface area contributed by atoms with Gasteiger partial charge in [0.2, 0.25) is 0 Å². The zero-order chi connectivity index (χ0) is 18.8. The van der Waals surface area contributed by atoms with Gasteiger partial charge in [-0.15, -0.1) is 11.6 Å². The van der Waals surface area contributed by atoms with E-state index in [1.807, 2.05) is 0 Å². The summed E-state index contributed by atoms with van der Waals surface area (Å²) in [5, 5.41) is 10.4. The number of hydrogen-bond acceptors (Lipinski definition) is 8. The number of carbonyl (C=O) groups is 1. The molecule has 1 aliphatic heterocycles. The zero-order valence-electron chi connectivity index (χ0n) is 14.1. The second-order valence-electron chi connectivity index (χ2n) is 6.44. The van der Waals surface area contributed by atoms with Gasteiger partial charge >= 0.3 is 11.7 Å². The highest BCUT2D eigenvalue weighted by Gasteiger charge is 2.50. The number of anilines is 1. The second kappa shape index (κ2) is 7.69. The number of halogens is 1. The van der Waals surface area contributed by atoms with Gasteiger partial charge in [0, 0.05) is 12.6 Å². The smallest absolute Gasteiger partial charge is 0.351 e. The lowest BCUT2D eigenvalue weighted by Crippen LogP contribution is -2.48. The van der Waals surface area contributed by atoms with E-state index in [0.29, 0.717) is 0 Å². The molecule has 9 nitrogen and oxygen atoms in total. The van der Waals surface area contributed by atoms with Crippen molar-refractivity contribution in [2.75, 3.05) is 18.2 Å². The van der Waals surface area contributed by atoms with Gasteiger partial charge in [-0.25, -0.2) is 4.79 Å². The fraction of sp³-hybridized carbons (Fsp3) is 0.667. The number of nitrogen functional groups attached to an aromatic ring is 1. The van der Waals surface area contributed by atoms with Crippen molar-refractivity contribution in [3.63, 3.8) is 0 Å². The Bertz CT molecular complexity index is 682. The van der Waals surface area contributed by atoms with E-state index >= 15 is 0 Å². The van der Waals surface area contributed by atoms with Crippen LogP contribution in [0.2, 0.25) is 0 Å². The summed E-state index contributed by atoms with van der Waals surface area (Å²) in [6, 6.07) is 0.658. The summed E-state index contributed by atoms with van der Waals surface area (Å²) in [4.78, 5) is 27.5. The summed E-state index contributed by atoms with van der Waals surface area (Å²) in [5.41, 5.74) is 9.26. The SMILES string of the molecule is CC(C)[C@H](N)C(=O)OC[C@@]1(CCl)O[C@@H](n2ccc(N)nc2=O)C[C@@H]1O. The minimum atomic E-state index is -1.33. The van der Waals surface area contributed by atoms with Crippen LogP contribution in [0.1, 0.15) is 26.5 Å². The number of aromatic nitrogens is 2. The van der Waals surface area contributed by atoms with E-state index in [0.717, 1.165) is 0 Å². The minimum absolute atomic E-state index is 0.0833. The molecular formula is C15H23ClN4O5. The predicted octanol–water partition coefficient (Wildman–Crippen LogP) is -0.391. The first-order valence-electron chi connectivity index (χ1n) is 7.89. The van der Waals surface area contributed by atoms with Crippen molar-refractivity contribution >= 4 is 23.4 Å². The quantitative estimate of drug-likeness (QED) is 0.451. The Morgan fingerprint density at radius 2 is 2.32 bits per heavy atom. The standard InChI is InChI=1S/C15H23ClN4O5/c1-8(2)12(18)13(22)24-7-15(6-16)9(21)5-11(25-15)20-4-3-10(17)19-14(20)23/h3-4,8-9,11-12,21H,5-7,18H2,1-2H3,(H2,17,19,23)/t9-,11+,12-,15+/m0/s1. The van der Waals surface area contributed by atoms with Crippen LogP contribution in [0.25, 0.3) is 0 Å². The van der Waals surface area contributed by atoms with Gasteiger partial charge in [-0.2, -0.15) is 4.98 Å². The van der Waals surface area contributed by atoms with Gasteiger partial charge in [0.05, 0.1) is 12.0 Å². The molecule has 0 spiro atoms. The summed E-state index contributed by atoms with van der Waals surface area (Å²) in [6.45, 7) is 3.31. The van der Waals surface area contributed by atoms with E-state index in [2.05, 4.69) is 4.98 Å². The van der Waals surface area contributed by atoms with Crippen LogP contribution in [0, 0.1) is 5.92 Å². The Kier molecular flexibility index (Phi) is 6.04. The lowest BCUT2D eigenvalue weighted by molar-refractivity contribution is -0.164. The van der Waals surface area contributed by atoms with Gasteiger partial charge in [0.1, 0.15) is 30.3 Å². The second-order valence-corrected chi connectivity index (χ2v) is 6.71. The molecule has 1 saturated heterocycles. The maximum absolute atomic E-state index is 11.9. The molecule has 1 aliphatic rings. The van der Waals surface area contributed by atoms with Crippen LogP contribution in [0.5, 0.6) is 0 Å². The fourth-order valence-electron chi connectivity index (χ4n) is 2.47. The molecular weight excluding hydrogens is 352 g/mol. The third kappa shape index (κ3) is 4.12. The molecule has 0 radical (unpaired) electrons. The Balaban J connectivity index is 2.13. The molecule has 5 N–H and O–H groups in total. The molecule has 0 aliphatic carbocycles. The first kappa shape index (κ1) is 19.6. The summed E-state index contributed by atoms with van der Waals surface area (Å²) in [7, 11) is 0. The van der Waals surface area contributed by atoms with Crippen LogP contribution in [-0.4, -0.2) is 50.9 Å². The van der Waals surface area contributed by atoms with Crippen molar-refractivity contribution in [1.82, 2.24) is 9.55 Å². The van der Waals surface area contributed by atoms with Crippen LogP contribution >= 0.6 is 11.6 Å². The molecule has 0 bridgehead atoms. The third-order valence-electron chi connectivity index (χ3n) is 4.24. The van der Waals surface area contributed by atoms with Crippen LogP contribution in [0.15, 0.2) is 17.1 Å². The molecule has 1 aromatic rings. The third-order valence-corrected chi connectivity index (χ3v) is 4.69. The molecule has 1 fully saturated rings. The highest BCUT2D eigenvalue weighted by atomic mass is 35.5. The largest absolute Gasteiger partial charge is 0.461 e. The highest BCUT2D eigenvalue weighted by molar-refractivity contribution is 6.18. The number of rotatable bonds is 6. The monoisotopic (exact) mass is 374 g/mol. The van der Waals surface area contributed by atoms with Crippen LogP contribution in [0.4, 0.5) is 5.82 Å². The Labute approximate surface area is 149 Å². The van der Waals surface area contributed by atoms with Crippen LogP contribution in [-0.2, 0) is 14.3 Å². The number of aliphatic hydroxyl groups excluding tert-OH is 1. The first-order valence-corrected chi connectivity index (χ1v) is 8.42. The first-order chi connectivity index (χ1) is 11.7. The van der Waals surface area contributed by atoms with Gasteiger partial charge in [-0.3, -0.25) is 9.36 Å². The topological polar surface area (TPSA) is 143 Å². The predicted molar refractivity (Wildman–Crippen MR) is 90.9 cm³/mol. The number of hydrogen-bond donors (Lipinski definition) is 3. The molecule has 25 heavy (non-hydrogen) atoms. The van der Waals surface area contributed by atoms with Crippen molar-refractivity contribution in [1.29, 1.82) is 0 Å². The van der Waals surface area contributed by atoms with Gasteiger partial charge in [-0.1, -0.05) is 13.8 Å². The molecule has 0 amide bonds. The number of carbonyl (C=O) groups excluding carboxylic acids is 1. The lowest BCUT2D eigenvalue weighted by Gasteiger charge is -2.30. The lowest BCUT2D eigenvalue weighted by atomic mass is 10.00. The molecule has 2 rings (SSSR count). The van der Waals surface area contributed by atoms with E-state index in [1.54, 1.807) is 13.8 Å². The van der Waals surface area contributed by atoms with Crippen molar-refractivity contribution in [3.05, 3.63) is 22.7 Å². The maximum Gasteiger partial charge on any atom is 0.351 e. The molecule has 1 aromatic heterocycles. The van der Waals surface area contributed by atoms with Crippen molar-refractivity contribution in [2.24, 2.45) is 11.7 Å². The van der Waals surface area contributed by atoms with Crippen molar-refractivity contribution in [3.8, 4) is 0 Å². The van der Waals surface area contributed by atoms with Gasteiger partial charge in [0.25, 0.3) is 0 Å². The average molecular weight is 375 g/mol. The average Bonchev–Trinajstić information content (AvgIpc) is 2.88. The zero-order valence-corrected chi connectivity index (χ0v) is 14.8. The molecule has 4 atom stereocenters. The van der Waals surface area contributed by atoms with Gasteiger partial charge < -0.3 is 26.0 Å². The van der Waals surface area contributed by atoms with Crippen molar-refractivity contribution in [2.45, 2.75) is 44.2 Å². The molecule has 0 aromatic carbocycles. The van der Waals surface area contributed by atoms with E-state index in [9.17, 15) is 14.7 Å². The number of aliphatic hydroxyl groups is 1.